The van der Waals surface area contributed by atoms with Crippen LogP contribution < -0.4 is 0 Å². The Morgan fingerprint density at radius 3 is 2.74 bits per heavy atom. The number of hydrogen-bond acceptors (Lipinski definition) is 1. The van der Waals surface area contributed by atoms with Crippen LogP contribution in [0.25, 0.3) is 0 Å². The summed E-state index contributed by atoms with van der Waals surface area (Å²) in [5.74, 6) is -0.477. The predicted octanol–water partition coefficient (Wildman–Crippen LogP) is 5.27. The van der Waals surface area contributed by atoms with Crippen LogP contribution in [-0.2, 0) is 6.42 Å². The topological polar surface area (TPSA) is 17.1 Å². The van der Waals surface area contributed by atoms with Gasteiger partial charge in [-0.05, 0) is 64.6 Å². The molecule has 5 heteroatoms. The van der Waals surface area contributed by atoms with Crippen molar-refractivity contribution in [1.29, 1.82) is 0 Å². The van der Waals surface area contributed by atoms with Gasteiger partial charge >= 0.3 is 0 Å². The molecule has 0 spiro atoms. The second-order valence-electron chi connectivity index (χ2n) is 3.96. The lowest BCUT2D eigenvalue weighted by atomic mass is 10.0. The molecule has 0 heterocycles. The van der Waals surface area contributed by atoms with Crippen molar-refractivity contribution >= 4 is 55.9 Å². The minimum Gasteiger partial charge on any atom is -0.294 e. The van der Waals surface area contributed by atoms with Gasteiger partial charge in [0.2, 0.25) is 0 Å². The minimum absolute atomic E-state index is 0.0850. The number of hydrogen-bond donors (Lipinski definition) is 0. The quantitative estimate of drug-likeness (QED) is 0.457. The Labute approximate surface area is 137 Å². The summed E-state index contributed by atoms with van der Waals surface area (Å²) in [6.07, 6.45) is 0.0864. The molecule has 0 saturated heterocycles. The molecule has 0 aromatic heterocycles. The van der Waals surface area contributed by atoms with Gasteiger partial charge in [-0.1, -0.05) is 27.5 Å². The lowest BCUT2D eigenvalue weighted by Crippen LogP contribution is -2.06. The Balaban J connectivity index is 2.30. The van der Waals surface area contributed by atoms with Crippen LogP contribution in [-0.4, -0.2) is 5.78 Å². The first-order chi connectivity index (χ1) is 8.97. The van der Waals surface area contributed by atoms with E-state index in [4.69, 9.17) is 11.6 Å². The Morgan fingerprint density at radius 2 is 2.00 bits per heavy atom. The lowest BCUT2D eigenvalue weighted by molar-refractivity contribution is 0.0992. The van der Waals surface area contributed by atoms with E-state index >= 15 is 0 Å². The summed E-state index contributed by atoms with van der Waals surface area (Å²) in [5, 5.41) is 0.403. The van der Waals surface area contributed by atoms with Crippen molar-refractivity contribution in [3.63, 3.8) is 0 Å². The molecule has 98 valence electrons. The first-order valence-corrected chi connectivity index (χ1v) is 7.64. The molecule has 19 heavy (non-hydrogen) atoms. The van der Waals surface area contributed by atoms with Crippen LogP contribution in [0.2, 0.25) is 5.02 Å². The highest BCUT2D eigenvalue weighted by molar-refractivity contribution is 14.1. The van der Waals surface area contributed by atoms with Gasteiger partial charge in [-0.2, -0.15) is 0 Å². The third-order valence-electron chi connectivity index (χ3n) is 2.59. The van der Waals surface area contributed by atoms with Gasteiger partial charge in [0.1, 0.15) is 5.82 Å². The average molecular weight is 453 g/mol. The molecule has 0 atom stereocenters. The van der Waals surface area contributed by atoms with Gasteiger partial charge < -0.3 is 0 Å². The minimum atomic E-state index is -0.392. The molecule has 0 aliphatic carbocycles. The van der Waals surface area contributed by atoms with Crippen molar-refractivity contribution < 1.29 is 9.18 Å². The van der Waals surface area contributed by atoms with E-state index in [1.807, 2.05) is 12.1 Å². The first kappa shape index (κ1) is 14.9. The molecule has 0 N–H and O–H groups in total. The van der Waals surface area contributed by atoms with E-state index in [9.17, 15) is 9.18 Å². The highest BCUT2D eigenvalue weighted by Crippen LogP contribution is 2.23. The Morgan fingerprint density at radius 1 is 1.26 bits per heavy atom. The molecule has 0 aliphatic heterocycles. The summed E-state index contributed by atoms with van der Waals surface area (Å²) in [6, 6.07) is 9.52. The fourth-order valence-electron chi connectivity index (χ4n) is 1.66. The van der Waals surface area contributed by atoms with E-state index in [0.717, 1.165) is 8.04 Å². The number of ketones is 1. The molecule has 0 saturated carbocycles. The highest BCUT2D eigenvalue weighted by Gasteiger charge is 2.13. The van der Waals surface area contributed by atoms with Crippen LogP contribution in [0, 0.1) is 9.39 Å². The molecular formula is C14H8BrClFIO. The van der Waals surface area contributed by atoms with Gasteiger partial charge in [0.05, 0.1) is 0 Å². The molecular weight excluding hydrogens is 445 g/mol. The van der Waals surface area contributed by atoms with Crippen molar-refractivity contribution in [3.05, 3.63) is 66.4 Å². The van der Waals surface area contributed by atoms with Gasteiger partial charge in [-0.15, -0.1) is 0 Å². The van der Waals surface area contributed by atoms with E-state index in [1.165, 1.54) is 18.2 Å². The molecule has 0 amide bonds. The molecule has 2 aromatic rings. The summed E-state index contributed by atoms with van der Waals surface area (Å²) in [5.41, 5.74) is 1.11. The SMILES string of the molecule is O=C(Cc1cc(F)ccc1Cl)c1cc(Br)ccc1I. The molecule has 0 aliphatic rings. The van der Waals surface area contributed by atoms with Crippen LogP contribution in [0.15, 0.2) is 40.9 Å². The first-order valence-electron chi connectivity index (χ1n) is 5.39. The number of carbonyl (C=O) groups is 1. The van der Waals surface area contributed by atoms with Crippen molar-refractivity contribution in [2.75, 3.05) is 0 Å². The standard InChI is InChI=1S/C14H8BrClFIO/c15-9-1-4-13(18)11(7-9)14(19)6-8-5-10(17)2-3-12(8)16/h1-5,7H,6H2. The molecule has 0 unspecified atom stereocenters. The highest BCUT2D eigenvalue weighted by atomic mass is 127. The van der Waals surface area contributed by atoms with Crippen molar-refractivity contribution in [2.45, 2.75) is 6.42 Å². The monoisotopic (exact) mass is 452 g/mol. The number of Topliss-reactive ketones (excluding diaryl/α,β-unsaturated/α-hetero) is 1. The predicted molar refractivity (Wildman–Crippen MR) is 86.3 cm³/mol. The second kappa shape index (κ2) is 6.33. The largest absolute Gasteiger partial charge is 0.294 e. The summed E-state index contributed by atoms with van der Waals surface area (Å²) < 4.78 is 14.9. The van der Waals surface area contributed by atoms with Gasteiger partial charge in [0, 0.05) is 25.0 Å². The summed E-state index contributed by atoms with van der Waals surface area (Å²) in [4.78, 5) is 12.2. The van der Waals surface area contributed by atoms with Gasteiger partial charge in [-0.25, -0.2) is 4.39 Å². The maximum Gasteiger partial charge on any atom is 0.168 e. The lowest BCUT2D eigenvalue weighted by Gasteiger charge is -2.06. The van der Waals surface area contributed by atoms with E-state index < -0.39 is 5.82 Å². The molecule has 2 aromatic carbocycles. The van der Waals surface area contributed by atoms with Crippen LogP contribution in [0.1, 0.15) is 15.9 Å². The number of benzene rings is 2. The molecule has 1 nitrogen and oxygen atoms in total. The molecule has 2 rings (SSSR count). The second-order valence-corrected chi connectivity index (χ2v) is 6.44. The summed E-state index contributed by atoms with van der Waals surface area (Å²) in [6.45, 7) is 0. The van der Waals surface area contributed by atoms with E-state index in [2.05, 4.69) is 38.5 Å². The van der Waals surface area contributed by atoms with Crippen molar-refractivity contribution in [2.24, 2.45) is 0 Å². The third kappa shape index (κ3) is 3.77. The zero-order valence-corrected chi connectivity index (χ0v) is 14.1. The average Bonchev–Trinajstić information content (AvgIpc) is 2.36. The van der Waals surface area contributed by atoms with E-state index in [0.29, 0.717) is 16.1 Å². The zero-order valence-electron chi connectivity index (χ0n) is 9.59. The zero-order chi connectivity index (χ0) is 14.0. The third-order valence-corrected chi connectivity index (χ3v) is 4.39. The van der Waals surface area contributed by atoms with Crippen molar-refractivity contribution in [3.8, 4) is 0 Å². The van der Waals surface area contributed by atoms with Gasteiger partial charge in [0.25, 0.3) is 0 Å². The summed E-state index contributed by atoms with van der Waals surface area (Å²) >= 11 is 11.4. The normalized spacial score (nSPS) is 10.5. The Kier molecular flexibility index (Phi) is 4.97. The Hall–Kier alpha value is -0.460. The summed E-state index contributed by atoms with van der Waals surface area (Å²) in [7, 11) is 0. The fourth-order valence-corrected chi connectivity index (χ4v) is 2.84. The number of halogens is 4. The molecule has 0 bridgehead atoms. The van der Waals surface area contributed by atoms with Crippen LogP contribution >= 0.6 is 50.1 Å². The molecule has 0 fully saturated rings. The van der Waals surface area contributed by atoms with Crippen LogP contribution in [0.4, 0.5) is 4.39 Å². The number of rotatable bonds is 3. The van der Waals surface area contributed by atoms with E-state index in [-0.39, 0.29) is 12.2 Å². The Bertz CT molecular complexity index is 645. The maximum atomic E-state index is 13.2. The fraction of sp³-hybridized carbons (Fsp3) is 0.0714. The molecule has 0 radical (unpaired) electrons. The van der Waals surface area contributed by atoms with Gasteiger partial charge in [0.15, 0.2) is 5.78 Å². The smallest absolute Gasteiger partial charge is 0.168 e. The maximum absolute atomic E-state index is 13.2. The number of carbonyl (C=O) groups excluding carboxylic acids is 1. The van der Waals surface area contributed by atoms with Gasteiger partial charge in [-0.3, -0.25) is 4.79 Å². The van der Waals surface area contributed by atoms with E-state index in [1.54, 1.807) is 6.07 Å². The van der Waals surface area contributed by atoms with Crippen LogP contribution in [0.5, 0.6) is 0 Å². The van der Waals surface area contributed by atoms with Crippen molar-refractivity contribution in [1.82, 2.24) is 0 Å². The van der Waals surface area contributed by atoms with Crippen LogP contribution in [0.3, 0.4) is 0 Å².